The number of halogens is 1. The van der Waals surface area contributed by atoms with Gasteiger partial charge in [-0.05, 0) is 37.1 Å². The van der Waals surface area contributed by atoms with E-state index in [0.29, 0.717) is 23.4 Å². The van der Waals surface area contributed by atoms with Crippen LogP contribution in [0, 0.1) is 11.3 Å². The first-order valence-electron chi connectivity index (χ1n) is 7.87. The maximum absolute atomic E-state index is 13.0. The van der Waals surface area contributed by atoms with Crippen molar-refractivity contribution in [3.63, 3.8) is 0 Å². The van der Waals surface area contributed by atoms with E-state index in [9.17, 15) is 4.79 Å². The van der Waals surface area contributed by atoms with Crippen molar-refractivity contribution >= 4 is 27.5 Å². The molecule has 0 N–H and O–H groups in total. The quantitative estimate of drug-likeness (QED) is 0.573. The summed E-state index contributed by atoms with van der Waals surface area (Å²) in [5.41, 5.74) is 2.04. The third-order valence-electron chi connectivity index (χ3n) is 3.98. The van der Waals surface area contributed by atoms with E-state index >= 15 is 0 Å². The lowest BCUT2D eigenvalue weighted by molar-refractivity contribution is -0.126. The summed E-state index contributed by atoms with van der Waals surface area (Å²) in [5.74, 6) is 0.613. The molecule has 3 rings (SSSR count). The Morgan fingerprint density at radius 2 is 2.00 bits per heavy atom. The van der Waals surface area contributed by atoms with Gasteiger partial charge in [0.2, 0.25) is 6.10 Å². The standard InChI is InChI=1S/C19H17BrN2O2/c20-10-3-4-11-22-16-8-1-2-9-17(16)24-18(19(22)23)15-7-5-6-14(12-15)13-21/h1-2,5-9,12,18H,3-4,10-11H2. The number of para-hydroxylation sites is 2. The Morgan fingerprint density at radius 3 is 2.79 bits per heavy atom. The Balaban J connectivity index is 1.95. The minimum Gasteiger partial charge on any atom is -0.474 e. The maximum Gasteiger partial charge on any atom is 0.272 e. The Hall–Kier alpha value is -2.32. The molecule has 0 radical (unpaired) electrons. The Morgan fingerprint density at radius 1 is 1.17 bits per heavy atom. The van der Waals surface area contributed by atoms with E-state index < -0.39 is 6.10 Å². The van der Waals surface area contributed by atoms with Gasteiger partial charge in [-0.3, -0.25) is 4.79 Å². The van der Waals surface area contributed by atoms with Crippen LogP contribution in [0.5, 0.6) is 5.75 Å². The predicted molar refractivity (Wildman–Crippen MR) is 96.3 cm³/mol. The lowest BCUT2D eigenvalue weighted by Gasteiger charge is -2.34. The highest BCUT2D eigenvalue weighted by Crippen LogP contribution is 2.38. The molecule has 0 saturated carbocycles. The van der Waals surface area contributed by atoms with Crippen LogP contribution in [-0.4, -0.2) is 17.8 Å². The average Bonchev–Trinajstić information content (AvgIpc) is 2.63. The van der Waals surface area contributed by atoms with Gasteiger partial charge < -0.3 is 9.64 Å². The number of hydrogen-bond acceptors (Lipinski definition) is 3. The zero-order valence-corrected chi connectivity index (χ0v) is 14.7. The molecular formula is C19H17BrN2O2. The van der Waals surface area contributed by atoms with Crippen LogP contribution < -0.4 is 9.64 Å². The number of hydrogen-bond donors (Lipinski definition) is 0. The second-order valence-electron chi connectivity index (χ2n) is 5.59. The number of nitrogens with zero attached hydrogens (tertiary/aromatic N) is 2. The number of rotatable bonds is 5. The van der Waals surface area contributed by atoms with Crippen molar-refractivity contribution in [3.05, 3.63) is 59.7 Å². The van der Waals surface area contributed by atoms with Crippen molar-refractivity contribution < 1.29 is 9.53 Å². The summed E-state index contributed by atoms with van der Waals surface area (Å²) in [7, 11) is 0. The topological polar surface area (TPSA) is 53.3 Å². The number of benzene rings is 2. The normalized spacial score (nSPS) is 16.2. The first kappa shape index (κ1) is 16.5. The molecule has 1 atom stereocenters. The van der Waals surface area contributed by atoms with Crippen LogP contribution in [0.2, 0.25) is 0 Å². The van der Waals surface area contributed by atoms with Gasteiger partial charge in [0.15, 0.2) is 0 Å². The van der Waals surface area contributed by atoms with E-state index in [1.807, 2.05) is 30.3 Å². The predicted octanol–water partition coefficient (Wildman–Crippen LogP) is 4.20. The number of nitriles is 1. The summed E-state index contributed by atoms with van der Waals surface area (Å²) in [6.07, 6.45) is 1.20. The number of amides is 1. The first-order chi connectivity index (χ1) is 11.7. The zero-order valence-electron chi connectivity index (χ0n) is 13.1. The number of fused-ring (bicyclic) bond motifs is 1. The molecule has 0 bridgehead atoms. The van der Waals surface area contributed by atoms with E-state index in [0.717, 1.165) is 23.9 Å². The second-order valence-corrected chi connectivity index (χ2v) is 6.38. The minimum absolute atomic E-state index is 0.0848. The van der Waals surface area contributed by atoms with E-state index in [1.165, 1.54) is 0 Å². The summed E-state index contributed by atoms with van der Waals surface area (Å²) < 4.78 is 5.96. The summed E-state index contributed by atoms with van der Waals surface area (Å²) in [4.78, 5) is 14.8. The highest BCUT2D eigenvalue weighted by atomic mass is 79.9. The van der Waals surface area contributed by atoms with Crippen LogP contribution in [0.4, 0.5) is 5.69 Å². The van der Waals surface area contributed by atoms with Gasteiger partial charge in [0.05, 0.1) is 17.3 Å². The molecule has 122 valence electrons. The number of carbonyl (C=O) groups is 1. The van der Waals surface area contributed by atoms with Gasteiger partial charge in [-0.15, -0.1) is 0 Å². The molecule has 5 heteroatoms. The lowest BCUT2D eigenvalue weighted by atomic mass is 10.0. The molecule has 2 aromatic rings. The van der Waals surface area contributed by atoms with Crippen molar-refractivity contribution in [3.8, 4) is 11.8 Å². The van der Waals surface area contributed by atoms with Gasteiger partial charge in [-0.1, -0.05) is 40.2 Å². The summed E-state index contributed by atoms with van der Waals surface area (Å²) in [6, 6.07) is 16.7. The van der Waals surface area contributed by atoms with Crippen LogP contribution in [0.15, 0.2) is 48.5 Å². The van der Waals surface area contributed by atoms with Crippen LogP contribution in [0.1, 0.15) is 30.1 Å². The Labute approximate surface area is 149 Å². The van der Waals surface area contributed by atoms with Crippen LogP contribution in [0.3, 0.4) is 0 Å². The van der Waals surface area contributed by atoms with Crippen molar-refractivity contribution in [1.82, 2.24) is 0 Å². The zero-order chi connectivity index (χ0) is 16.9. The van der Waals surface area contributed by atoms with Gasteiger partial charge in [-0.2, -0.15) is 5.26 Å². The summed E-state index contributed by atoms with van der Waals surface area (Å²) in [6.45, 7) is 0.652. The molecule has 4 nitrogen and oxygen atoms in total. The molecule has 0 aliphatic carbocycles. The highest BCUT2D eigenvalue weighted by molar-refractivity contribution is 9.09. The second kappa shape index (κ2) is 7.50. The number of unbranched alkanes of at least 4 members (excludes halogenated alkanes) is 1. The fraction of sp³-hybridized carbons (Fsp3) is 0.263. The molecule has 0 fully saturated rings. The molecule has 0 saturated heterocycles. The van der Waals surface area contributed by atoms with Gasteiger partial charge in [0, 0.05) is 17.4 Å². The van der Waals surface area contributed by atoms with E-state index in [-0.39, 0.29) is 5.91 Å². The van der Waals surface area contributed by atoms with Crippen LogP contribution in [-0.2, 0) is 4.79 Å². The Bertz CT molecular complexity index is 785. The third kappa shape index (κ3) is 3.29. The number of alkyl halides is 1. The maximum atomic E-state index is 13.0. The fourth-order valence-electron chi connectivity index (χ4n) is 2.79. The highest BCUT2D eigenvalue weighted by Gasteiger charge is 2.35. The molecule has 1 aliphatic rings. The largest absolute Gasteiger partial charge is 0.474 e. The summed E-state index contributed by atoms with van der Waals surface area (Å²) in [5, 5.41) is 10.0. The van der Waals surface area contributed by atoms with Crippen molar-refractivity contribution in [2.75, 3.05) is 16.8 Å². The molecule has 1 amide bonds. The molecule has 1 heterocycles. The van der Waals surface area contributed by atoms with Gasteiger partial charge in [0.1, 0.15) is 5.75 Å². The van der Waals surface area contributed by atoms with E-state index in [4.69, 9.17) is 10.00 Å². The molecular weight excluding hydrogens is 368 g/mol. The first-order valence-corrected chi connectivity index (χ1v) is 9.00. The van der Waals surface area contributed by atoms with Crippen molar-refractivity contribution in [1.29, 1.82) is 5.26 Å². The molecule has 2 aromatic carbocycles. The number of anilines is 1. The lowest BCUT2D eigenvalue weighted by Crippen LogP contribution is -2.41. The molecule has 24 heavy (non-hydrogen) atoms. The Kier molecular flexibility index (Phi) is 5.17. The van der Waals surface area contributed by atoms with Gasteiger partial charge in [-0.25, -0.2) is 0 Å². The minimum atomic E-state index is -0.711. The van der Waals surface area contributed by atoms with Gasteiger partial charge in [0.25, 0.3) is 5.91 Å². The fourth-order valence-corrected chi connectivity index (χ4v) is 3.19. The monoisotopic (exact) mass is 384 g/mol. The number of carbonyl (C=O) groups excluding carboxylic acids is 1. The molecule has 1 unspecified atom stereocenters. The van der Waals surface area contributed by atoms with E-state index in [1.54, 1.807) is 23.1 Å². The summed E-state index contributed by atoms with van der Waals surface area (Å²) >= 11 is 3.43. The van der Waals surface area contributed by atoms with Crippen molar-refractivity contribution in [2.45, 2.75) is 18.9 Å². The van der Waals surface area contributed by atoms with Crippen LogP contribution >= 0.6 is 15.9 Å². The average molecular weight is 385 g/mol. The SMILES string of the molecule is N#Cc1cccc(C2Oc3ccccc3N(CCCCBr)C2=O)c1. The molecule has 0 spiro atoms. The van der Waals surface area contributed by atoms with Crippen molar-refractivity contribution in [2.24, 2.45) is 0 Å². The van der Waals surface area contributed by atoms with E-state index in [2.05, 4.69) is 22.0 Å². The van der Waals surface area contributed by atoms with Crippen LogP contribution in [0.25, 0.3) is 0 Å². The molecule has 1 aliphatic heterocycles. The molecule has 0 aromatic heterocycles. The number of ether oxygens (including phenoxy) is 1. The smallest absolute Gasteiger partial charge is 0.272 e. The third-order valence-corrected chi connectivity index (χ3v) is 4.54. The van der Waals surface area contributed by atoms with Gasteiger partial charge >= 0.3 is 0 Å².